The number of carbonyl (C=O) groups excluding carboxylic acids is 1. The molecule has 2 rings (SSSR count). The maximum absolute atomic E-state index is 12.3. The Kier molecular flexibility index (Phi) is 8.53. The van der Waals surface area contributed by atoms with Gasteiger partial charge < -0.3 is 20.1 Å². The van der Waals surface area contributed by atoms with Crippen molar-refractivity contribution in [1.82, 2.24) is 9.88 Å². The number of aromatic nitrogens is 1. The standard InChI is InChI=1S/C16H21N3O3S.ClH/c1-19(16(20)14-11-23-15(18-14)7-8-17)9-10-22-13-5-3-12(21-2)4-6-13;/h3-6,11H,7-10,17H2,1-2H3;1H. The van der Waals surface area contributed by atoms with E-state index in [1.807, 2.05) is 24.3 Å². The zero-order valence-corrected chi connectivity index (χ0v) is 15.4. The summed E-state index contributed by atoms with van der Waals surface area (Å²) in [7, 11) is 3.36. The summed E-state index contributed by atoms with van der Waals surface area (Å²) in [6, 6.07) is 7.33. The molecule has 8 heteroatoms. The zero-order chi connectivity index (χ0) is 16.7. The van der Waals surface area contributed by atoms with Gasteiger partial charge in [0.25, 0.3) is 5.91 Å². The van der Waals surface area contributed by atoms with Crippen LogP contribution >= 0.6 is 23.7 Å². The number of hydrogen-bond acceptors (Lipinski definition) is 6. The number of nitrogens with two attached hydrogens (primary N) is 1. The zero-order valence-electron chi connectivity index (χ0n) is 13.7. The fourth-order valence-corrected chi connectivity index (χ4v) is 2.70. The van der Waals surface area contributed by atoms with Gasteiger partial charge in [-0.05, 0) is 30.8 Å². The predicted molar refractivity (Wildman–Crippen MR) is 97.6 cm³/mol. The number of rotatable bonds is 8. The molecule has 0 saturated heterocycles. The average molecular weight is 372 g/mol. The van der Waals surface area contributed by atoms with Crippen LogP contribution in [-0.2, 0) is 6.42 Å². The Morgan fingerprint density at radius 2 is 1.96 bits per heavy atom. The average Bonchev–Trinajstić information content (AvgIpc) is 3.03. The number of amides is 1. The molecule has 0 aliphatic rings. The van der Waals surface area contributed by atoms with Gasteiger partial charge in [0.05, 0.1) is 18.7 Å². The quantitative estimate of drug-likeness (QED) is 0.769. The molecular formula is C16H22ClN3O3S. The molecule has 0 unspecified atom stereocenters. The summed E-state index contributed by atoms with van der Waals surface area (Å²) in [4.78, 5) is 18.2. The maximum Gasteiger partial charge on any atom is 0.273 e. The van der Waals surface area contributed by atoms with Crippen LogP contribution in [0, 0.1) is 0 Å². The van der Waals surface area contributed by atoms with Gasteiger partial charge in [-0.3, -0.25) is 4.79 Å². The summed E-state index contributed by atoms with van der Waals surface area (Å²) in [6.07, 6.45) is 0.697. The number of methoxy groups -OCH3 is 1. The first-order valence-electron chi connectivity index (χ1n) is 7.31. The molecule has 0 spiro atoms. The van der Waals surface area contributed by atoms with Crippen molar-refractivity contribution in [2.45, 2.75) is 6.42 Å². The van der Waals surface area contributed by atoms with Crippen LogP contribution in [0.4, 0.5) is 0 Å². The van der Waals surface area contributed by atoms with E-state index >= 15 is 0 Å². The number of halogens is 1. The van der Waals surface area contributed by atoms with E-state index in [2.05, 4.69) is 4.98 Å². The molecule has 0 fully saturated rings. The molecule has 1 amide bonds. The first kappa shape index (κ1) is 20.2. The van der Waals surface area contributed by atoms with Gasteiger partial charge in [0.2, 0.25) is 0 Å². The van der Waals surface area contributed by atoms with Gasteiger partial charge in [-0.15, -0.1) is 23.7 Å². The second-order valence-corrected chi connectivity index (χ2v) is 5.86. The summed E-state index contributed by atoms with van der Waals surface area (Å²) >= 11 is 1.46. The van der Waals surface area contributed by atoms with Gasteiger partial charge in [-0.25, -0.2) is 4.98 Å². The summed E-state index contributed by atoms with van der Waals surface area (Å²) in [5.74, 6) is 1.41. The molecule has 0 radical (unpaired) electrons. The highest BCUT2D eigenvalue weighted by Crippen LogP contribution is 2.17. The molecule has 0 aliphatic carbocycles. The molecule has 0 atom stereocenters. The molecule has 0 saturated carbocycles. The Labute approximate surface area is 152 Å². The van der Waals surface area contributed by atoms with Crippen molar-refractivity contribution in [1.29, 1.82) is 0 Å². The number of likely N-dealkylation sites (N-methyl/N-ethyl adjacent to an activating group) is 1. The van der Waals surface area contributed by atoms with Gasteiger partial charge in [0.1, 0.15) is 23.8 Å². The Morgan fingerprint density at radius 1 is 1.29 bits per heavy atom. The van der Waals surface area contributed by atoms with E-state index in [4.69, 9.17) is 15.2 Å². The van der Waals surface area contributed by atoms with Gasteiger partial charge >= 0.3 is 0 Å². The largest absolute Gasteiger partial charge is 0.497 e. The van der Waals surface area contributed by atoms with E-state index in [9.17, 15) is 4.79 Å². The van der Waals surface area contributed by atoms with Crippen LogP contribution in [0.3, 0.4) is 0 Å². The molecule has 6 nitrogen and oxygen atoms in total. The van der Waals surface area contributed by atoms with E-state index in [-0.39, 0.29) is 18.3 Å². The summed E-state index contributed by atoms with van der Waals surface area (Å²) in [5, 5.41) is 2.66. The summed E-state index contributed by atoms with van der Waals surface area (Å²) in [6.45, 7) is 1.43. The fraction of sp³-hybridized carbons (Fsp3) is 0.375. The van der Waals surface area contributed by atoms with E-state index in [0.29, 0.717) is 31.8 Å². The Balaban J connectivity index is 0.00000288. The topological polar surface area (TPSA) is 77.7 Å². The SMILES string of the molecule is COc1ccc(OCCN(C)C(=O)c2csc(CCN)n2)cc1.Cl. The minimum atomic E-state index is -0.108. The van der Waals surface area contributed by atoms with Crippen LogP contribution in [0.5, 0.6) is 11.5 Å². The van der Waals surface area contributed by atoms with Crippen molar-refractivity contribution in [3.63, 3.8) is 0 Å². The number of benzene rings is 1. The molecule has 2 N–H and O–H groups in total. The van der Waals surface area contributed by atoms with E-state index in [1.165, 1.54) is 11.3 Å². The number of hydrogen-bond donors (Lipinski definition) is 1. The minimum Gasteiger partial charge on any atom is -0.497 e. The third-order valence-electron chi connectivity index (χ3n) is 3.23. The lowest BCUT2D eigenvalue weighted by Gasteiger charge is -2.16. The fourth-order valence-electron chi connectivity index (χ4n) is 1.92. The van der Waals surface area contributed by atoms with E-state index in [0.717, 1.165) is 16.5 Å². The third kappa shape index (κ3) is 5.67. The van der Waals surface area contributed by atoms with Crippen LogP contribution < -0.4 is 15.2 Å². The molecule has 1 heterocycles. The normalized spacial score (nSPS) is 9.96. The van der Waals surface area contributed by atoms with E-state index < -0.39 is 0 Å². The predicted octanol–water partition coefficient (Wildman–Crippen LogP) is 2.23. The molecule has 132 valence electrons. The second kappa shape index (κ2) is 10.1. The van der Waals surface area contributed by atoms with Crippen LogP contribution in [-0.4, -0.2) is 49.6 Å². The Hall–Kier alpha value is -1.83. The number of nitrogens with zero attached hydrogens (tertiary/aromatic N) is 2. The Morgan fingerprint density at radius 3 is 2.58 bits per heavy atom. The second-order valence-electron chi connectivity index (χ2n) is 4.92. The molecule has 0 bridgehead atoms. The van der Waals surface area contributed by atoms with E-state index in [1.54, 1.807) is 24.4 Å². The lowest BCUT2D eigenvalue weighted by molar-refractivity contribution is 0.0768. The smallest absolute Gasteiger partial charge is 0.273 e. The highest BCUT2D eigenvalue weighted by Gasteiger charge is 2.15. The van der Waals surface area contributed by atoms with Crippen LogP contribution in [0.2, 0.25) is 0 Å². The highest BCUT2D eigenvalue weighted by molar-refractivity contribution is 7.09. The summed E-state index contributed by atoms with van der Waals surface area (Å²) < 4.78 is 10.7. The minimum absolute atomic E-state index is 0. The van der Waals surface area contributed by atoms with Crippen molar-refractivity contribution < 1.29 is 14.3 Å². The maximum atomic E-state index is 12.3. The number of thiazole rings is 1. The van der Waals surface area contributed by atoms with Crippen molar-refractivity contribution in [3.05, 3.63) is 40.3 Å². The van der Waals surface area contributed by atoms with Crippen molar-refractivity contribution in [2.75, 3.05) is 33.9 Å². The van der Waals surface area contributed by atoms with Crippen LogP contribution in [0.1, 0.15) is 15.5 Å². The molecular weight excluding hydrogens is 350 g/mol. The Bertz CT molecular complexity index is 634. The van der Waals surface area contributed by atoms with Crippen LogP contribution in [0.25, 0.3) is 0 Å². The van der Waals surface area contributed by atoms with Crippen molar-refractivity contribution in [2.24, 2.45) is 5.73 Å². The molecule has 2 aromatic rings. The lowest BCUT2D eigenvalue weighted by atomic mass is 10.3. The first-order chi connectivity index (χ1) is 11.1. The molecule has 24 heavy (non-hydrogen) atoms. The van der Waals surface area contributed by atoms with Gasteiger partial charge in [-0.1, -0.05) is 0 Å². The van der Waals surface area contributed by atoms with Gasteiger partial charge in [0.15, 0.2) is 0 Å². The monoisotopic (exact) mass is 371 g/mol. The number of carbonyl (C=O) groups is 1. The first-order valence-corrected chi connectivity index (χ1v) is 8.18. The lowest BCUT2D eigenvalue weighted by Crippen LogP contribution is -2.31. The van der Waals surface area contributed by atoms with Crippen molar-refractivity contribution in [3.8, 4) is 11.5 Å². The third-order valence-corrected chi connectivity index (χ3v) is 4.14. The van der Waals surface area contributed by atoms with Gasteiger partial charge in [-0.2, -0.15) is 0 Å². The molecule has 1 aromatic carbocycles. The summed E-state index contributed by atoms with van der Waals surface area (Å²) in [5.41, 5.74) is 5.96. The molecule has 0 aliphatic heterocycles. The number of ether oxygens (including phenoxy) is 2. The molecule has 1 aromatic heterocycles. The van der Waals surface area contributed by atoms with Gasteiger partial charge in [0, 0.05) is 18.8 Å². The van der Waals surface area contributed by atoms with Crippen LogP contribution in [0.15, 0.2) is 29.6 Å². The van der Waals surface area contributed by atoms with Crippen molar-refractivity contribution >= 4 is 29.7 Å². The highest BCUT2D eigenvalue weighted by atomic mass is 35.5.